The van der Waals surface area contributed by atoms with E-state index in [9.17, 15) is 14.0 Å². The summed E-state index contributed by atoms with van der Waals surface area (Å²) in [6.45, 7) is 9.39. The molecule has 31 heavy (non-hydrogen) atoms. The summed E-state index contributed by atoms with van der Waals surface area (Å²) in [7, 11) is 0. The summed E-state index contributed by atoms with van der Waals surface area (Å²) in [4.78, 5) is 25.2. The van der Waals surface area contributed by atoms with Crippen LogP contribution >= 0.6 is 0 Å². The first-order valence-corrected chi connectivity index (χ1v) is 10.0. The van der Waals surface area contributed by atoms with Crippen LogP contribution in [0, 0.1) is 12.7 Å². The third-order valence-electron chi connectivity index (χ3n) is 5.36. The van der Waals surface area contributed by atoms with Crippen molar-refractivity contribution < 1.29 is 28.4 Å². The molecule has 2 aromatic carbocycles. The second-order valence-corrected chi connectivity index (χ2v) is 7.61. The molecular formula is C24H26FN2O4+. The van der Waals surface area contributed by atoms with Crippen LogP contribution in [0.2, 0.25) is 0 Å². The predicted octanol–water partition coefficient (Wildman–Crippen LogP) is 3.45. The van der Waals surface area contributed by atoms with Crippen LogP contribution < -0.4 is 4.74 Å². The minimum absolute atomic E-state index is 0.121. The molecular weight excluding hydrogens is 399 g/mol. The molecule has 0 spiro atoms. The summed E-state index contributed by atoms with van der Waals surface area (Å²) in [6, 6.07) is 11.2. The monoisotopic (exact) mass is 425 g/mol. The lowest BCUT2D eigenvalue weighted by molar-refractivity contribution is -0.451. The molecule has 0 aromatic heterocycles. The van der Waals surface area contributed by atoms with Crippen LogP contribution in [0.3, 0.4) is 0 Å². The summed E-state index contributed by atoms with van der Waals surface area (Å²) in [6.07, 6.45) is 0.834. The molecule has 6 nitrogen and oxygen atoms in total. The molecule has 1 aliphatic rings. The lowest BCUT2D eigenvalue weighted by Crippen LogP contribution is -2.47. The maximum Gasteiger partial charge on any atom is 0.411 e. The van der Waals surface area contributed by atoms with E-state index in [1.807, 2.05) is 13.0 Å². The lowest BCUT2D eigenvalue weighted by Gasteiger charge is -2.29. The lowest BCUT2D eigenvalue weighted by atomic mass is 10.1. The number of carbonyl (C=O) groups is 2. The molecule has 0 saturated heterocycles. The average molecular weight is 425 g/mol. The minimum Gasteiger partial charge on any atom is -0.484 e. The Balaban J connectivity index is 1.83. The topological polar surface area (TPSA) is 69.8 Å². The van der Waals surface area contributed by atoms with Gasteiger partial charge >= 0.3 is 11.9 Å². The Morgan fingerprint density at radius 2 is 1.97 bits per heavy atom. The molecule has 0 radical (unpaired) electrons. The molecule has 2 aromatic rings. The Morgan fingerprint density at radius 3 is 2.55 bits per heavy atom. The van der Waals surface area contributed by atoms with Crippen LogP contribution in [0.1, 0.15) is 34.5 Å². The fourth-order valence-electron chi connectivity index (χ4n) is 3.58. The fraction of sp³-hybridized carbons (Fsp3) is 0.292. The zero-order valence-electron chi connectivity index (χ0n) is 17.7. The van der Waals surface area contributed by atoms with E-state index in [1.165, 1.54) is 24.3 Å². The van der Waals surface area contributed by atoms with Gasteiger partial charge in [0.15, 0.2) is 12.3 Å². The predicted molar refractivity (Wildman–Crippen MR) is 115 cm³/mol. The molecule has 3 rings (SSSR count). The van der Waals surface area contributed by atoms with E-state index in [1.54, 1.807) is 29.7 Å². The number of nitrogens with zero attached hydrogens (tertiary/aromatic N) is 2. The van der Waals surface area contributed by atoms with Gasteiger partial charge in [-0.25, -0.2) is 14.0 Å². The number of halogens is 1. The number of hydrogen-bond acceptors (Lipinski definition) is 4. The molecule has 1 aliphatic heterocycles. The largest absolute Gasteiger partial charge is 0.484 e. The molecule has 7 heteroatoms. The van der Waals surface area contributed by atoms with Gasteiger partial charge in [-0.05, 0) is 48.4 Å². The molecule has 162 valence electrons. The molecule has 1 N–H and O–H groups in total. The molecule has 0 bridgehead atoms. The van der Waals surface area contributed by atoms with Crippen molar-refractivity contribution >= 4 is 17.6 Å². The van der Waals surface area contributed by atoms with Crippen LogP contribution in [-0.2, 0) is 4.79 Å². The zero-order chi connectivity index (χ0) is 22.5. The van der Waals surface area contributed by atoms with Crippen LogP contribution in [-0.4, -0.2) is 58.3 Å². The van der Waals surface area contributed by atoms with Crippen molar-refractivity contribution in [2.75, 3.05) is 26.2 Å². The highest BCUT2D eigenvalue weighted by Crippen LogP contribution is 2.25. The Hall–Kier alpha value is -3.32. The first-order chi connectivity index (χ1) is 14.8. The number of rotatable bonds is 7. The Bertz CT molecular complexity index is 1030. The molecule has 1 heterocycles. The van der Waals surface area contributed by atoms with Gasteiger partial charge in [-0.1, -0.05) is 18.7 Å². The van der Waals surface area contributed by atoms with Crippen LogP contribution in [0.25, 0.3) is 0 Å². The van der Waals surface area contributed by atoms with Gasteiger partial charge in [-0.15, -0.1) is 0 Å². The molecule has 0 saturated carbocycles. The van der Waals surface area contributed by atoms with Gasteiger partial charge in [-0.2, -0.15) is 4.58 Å². The number of carbonyl (C=O) groups excluding carboxylic acids is 1. The van der Waals surface area contributed by atoms with E-state index in [2.05, 4.69) is 11.5 Å². The quantitative estimate of drug-likeness (QED) is 0.544. The number of carboxylic acid groups (broad SMARTS) is 1. The number of amides is 1. The highest BCUT2D eigenvalue weighted by atomic mass is 19.1. The molecule has 0 unspecified atom stereocenters. The number of benzene rings is 2. The van der Waals surface area contributed by atoms with Crippen molar-refractivity contribution in [3.05, 3.63) is 77.6 Å². The summed E-state index contributed by atoms with van der Waals surface area (Å²) in [5, 5.41) is 9.09. The van der Waals surface area contributed by atoms with Gasteiger partial charge in [0.2, 0.25) is 0 Å². The maximum atomic E-state index is 14.2. The van der Waals surface area contributed by atoms with E-state index in [-0.39, 0.29) is 17.3 Å². The van der Waals surface area contributed by atoms with Crippen molar-refractivity contribution in [1.82, 2.24) is 4.90 Å². The standard InChI is InChI=1S/C24H25FN2O4/c1-4-23(28)27-12-11-26(14-17(27)3)15-22(19-6-5-16(2)21(25)13-19)31-20-9-7-18(8-10-20)24(29)30/h4-10,13,22H,1,11-12,14-15H2,2-3H3/p+1/t22-/m0/s1. The highest BCUT2D eigenvalue weighted by Gasteiger charge is 2.29. The first kappa shape index (κ1) is 22.4. The SMILES string of the molecule is C=CC(=O)[N+]1=C(C)CN(C[C@H](Oc2ccc(C(=O)O)cc2)c2ccc(C)c(F)c2)CC1. The zero-order valence-corrected chi connectivity index (χ0v) is 17.7. The summed E-state index contributed by atoms with van der Waals surface area (Å²) in [5.74, 6) is -0.945. The van der Waals surface area contributed by atoms with Crippen molar-refractivity contribution in [2.24, 2.45) is 0 Å². The number of ether oxygens (including phenoxy) is 1. The van der Waals surface area contributed by atoms with Gasteiger partial charge in [0.05, 0.1) is 18.7 Å². The van der Waals surface area contributed by atoms with Crippen molar-refractivity contribution in [1.29, 1.82) is 0 Å². The van der Waals surface area contributed by atoms with Gasteiger partial charge in [-0.3, -0.25) is 4.90 Å². The van der Waals surface area contributed by atoms with Gasteiger partial charge in [0, 0.05) is 19.5 Å². The van der Waals surface area contributed by atoms with Gasteiger partial charge in [0.25, 0.3) is 0 Å². The number of aryl methyl sites for hydroxylation is 1. The van der Waals surface area contributed by atoms with Crippen LogP contribution in [0.4, 0.5) is 4.39 Å². The van der Waals surface area contributed by atoms with E-state index in [0.29, 0.717) is 43.1 Å². The van der Waals surface area contributed by atoms with Crippen molar-refractivity contribution in [2.45, 2.75) is 20.0 Å². The average Bonchev–Trinajstić information content (AvgIpc) is 2.75. The Kier molecular flexibility index (Phi) is 6.97. The molecule has 1 atom stereocenters. The number of carboxylic acids is 1. The Morgan fingerprint density at radius 1 is 1.26 bits per heavy atom. The first-order valence-electron chi connectivity index (χ1n) is 10.0. The third kappa shape index (κ3) is 5.44. The van der Waals surface area contributed by atoms with E-state index in [4.69, 9.17) is 9.84 Å². The van der Waals surface area contributed by atoms with E-state index >= 15 is 0 Å². The second-order valence-electron chi connectivity index (χ2n) is 7.61. The smallest absolute Gasteiger partial charge is 0.411 e. The molecule has 0 aliphatic carbocycles. The van der Waals surface area contributed by atoms with Crippen molar-refractivity contribution in [3.63, 3.8) is 0 Å². The second kappa shape index (κ2) is 9.66. The summed E-state index contributed by atoms with van der Waals surface area (Å²) >= 11 is 0. The number of aromatic carboxylic acids is 1. The highest BCUT2D eigenvalue weighted by molar-refractivity contribution is 5.89. The summed E-state index contributed by atoms with van der Waals surface area (Å²) < 4.78 is 22.1. The van der Waals surface area contributed by atoms with Crippen LogP contribution in [0.5, 0.6) is 5.75 Å². The van der Waals surface area contributed by atoms with E-state index in [0.717, 1.165) is 5.71 Å². The summed E-state index contributed by atoms with van der Waals surface area (Å²) in [5.41, 5.74) is 2.32. The maximum absolute atomic E-state index is 14.2. The molecule has 1 amide bonds. The van der Waals surface area contributed by atoms with Crippen LogP contribution in [0.15, 0.2) is 55.1 Å². The van der Waals surface area contributed by atoms with Gasteiger partial charge < -0.3 is 9.84 Å². The normalized spacial score (nSPS) is 15.5. The van der Waals surface area contributed by atoms with Crippen molar-refractivity contribution in [3.8, 4) is 5.75 Å². The minimum atomic E-state index is -1.01. The molecule has 0 fully saturated rings. The van der Waals surface area contributed by atoms with Gasteiger partial charge in [0.1, 0.15) is 17.7 Å². The third-order valence-corrected chi connectivity index (χ3v) is 5.36. The number of hydrogen-bond donors (Lipinski definition) is 1. The Labute approximate surface area is 180 Å². The van der Waals surface area contributed by atoms with E-state index < -0.39 is 12.1 Å². The fourth-order valence-corrected chi connectivity index (χ4v) is 3.58.